The van der Waals surface area contributed by atoms with Crippen LogP contribution in [0.2, 0.25) is 0 Å². The minimum absolute atomic E-state index is 0.157. The van der Waals surface area contributed by atoms with Gasteiger partial charge < -0.3 is 9.63 Å². The number of rotatable bonds is 6. The second-order valence-electron chi connectivity index (χ2n) is 6.82. The van der Waals surface area contributed by atoms with Gasteiger partial charge in [-0.1, -0.05) is 13.8 Å². The molecule has 2 fully saturated rings. The van der Waals surface area contributed by atoms with Crippen molar-refractivity contribution in [3.05, 3.63) is 0 Å². The second kappa shape index (κ2) is 5.69. The van der Waals surface area contributed by atoms with E-state index in [1.807, 2.05) is 6.92 Å². The van der Waals surface area contributed by atoms with Gasteiger partial charge in [-0.25, -0.2) is 4.57 Å². The van der Waals surface area contributed by atoms with Gasteiger partial charge in [0.05, 0.1) is 17.8 Å². The molecule has 0 aromatic rings. The molecule has 118 valence electrons. The lowest BCUT2D eigenvalue weighted by atomic mass is 9.65. The first-order valence-electron chi connectivity index (χ1n) is 7.52. The van der Waals surface area contributed by atoms with Gasteiger partial charge in [0.2, 0.25) is 0 Å². The number of fused-ring (bicyclic) bond motifs is 1. The predicted octanol–water partition coefficient (Wildman–Crippen LogP) is 3.51. The van der Waals surface area contributed by atoms with Crippen LogP contribution in [-0.4, -0.2) is 28.8 Å². The van der Waals surface area contributed by atoms with Crippen LogP contribution < -0.4 is 0 Å². The van der Waals surface area contributed by atoms with Crippen LogP contribution in [0.1, 0.15) is 53.9 Å². The molecule has 1 aliphatic carbocycles. The van der Waals surface area contributed by atoms with E-state index in [-0.39, 0.29) is 29.8 Å². The highest BCUT2D eigenvalue weighted by atomic mass is 31.2. The number of phosphoric ester groups is 1. The van der Waals surface area contributed by atoms with Gasteiger partial charge in [0.25, 0.3) is 0 Å². The number of phosphoric acid groups is 1. The summed E-state index contributed by atoms with van der Waals surface area (Å²) >= 11 is 0. The van der Waals surface area contributed by atoms with E-state index >= 15 is 0 Å². The molecule has 2 rings (SSSR count). The molecule has 1 saturated carbocycles. The van der Waals surface area contributed by atoms with Crippen molar-refractivity contribution in [1.29, 1.82) is 0 Å². The Morgan fingerprint density at radius 3 is 2.50 bits per heavy atom. The van der Waals surface area contributed by atoms with E-state index in [4.69, 9.17) is 13.8 Å². The predicted molar refractivity (Wildman–Crippen MR) is 76.4 cm³/mol. The summed E-state index contributed by atoms with van der Waals surface area (Å²) in [6, 6.07) is 0. The summed E-state index contributed by atoms with van der Waals surface area (Å²) in [5.41, 5.74) is -0.157. The van der Waals surface area contributed by atoms with Crippen molar-refractivity contribution in [2.24, 2.45) is 11.8 Å². The lowest BCUT2D eigenvalue weighted by molar-refractivity contribution is -0.114. The van der Waals surface area contributed by atoms with Crippen molar-refractivity contribution < 1.29 is 23.2 Å². The fourth-order valence-electron chi connectivity index (χ4n) is 3.60. The van der Waals surface area contributed by atoms with Gasteiger partial charge in [-0.2, -0.15) is 0 Å². The SMILES string of the molecule is CC(C)C[C@]12CC[C@@H]1C(OP(=O)(O)OC(C)C)[C@H](C)O2. The topological polar surface area (TPSA) is 65.0 Å². The Morgan fingerprint density at radius 2 is 2.05 bits per heavy atom. The van der Waals surface area contributed by atoms with Crippen molar-refractivity contribution in [1.82, 2.24) is 0 Å². The molecule has 0 bridgehead atoms. The minimum atomic E-state index is -4.01. The number of ether oxygens (including phenoxy) is 1. The van der Waals surface area contributed by atoms with Gasteiger partial charge in [-0.05, 0) is 46.0 Å². The zero-order chi connectivity index (χ0) is 15.1. The average Bonchev–Trinajstić information content (AvgIpc) is 2.36. The molecule has 1 N–H and O–H groups in total. The third-order valence-corrected chi connectivity index (χ3v) is 5.38. The highest BCUT2D eigenvalue weighted by Gasteiger charge is 2.60. The first-order valence-corrected chi connectivity index (χ1v) is 9.02. The number of hydrogen-bond donors (Lipinski definition) is 1. The zero-order valence-corrected chi connectivity index (χ0v) is 13.9. The lowest BCUT2D eigenvalue weighted by Crippen LogP contribution is -2.48. The molecule has 0 aromatic carbocycles. The lowest BCUT2D eigenvalue weighted by Gasteiger charge is -2.46. The molecule has 1 saturated heterocycles. The Balaban J connectivity index is 2.05. The van der Waals surface area contributed by atoms with Gasteiger partial charge in [0.1, 0.15) is 6.10 Å². The second-order valence-corrected chi connectivity index (χ2v) is 8.18. The van der Waals surface area contributed by atoms with Gasteiger partial charge in [-0.15, -0.1) is 0 Å². The highest BCUT2D eigenvalue weighted by molar-refractivity contribution is 7.47. The van der Waals surface area contributed by atoms with Crippen LogP contribution in [-0.2, 0) is 18.3 Å². The summed E-state index contributed by atoms with van der Waals surface area (Å²) < 4.78 is 28.5. The van der Waals surface area contributed by atoms with E-state index in [0.717, 1.165) is 19.3 Å². The minimum Gasteiger partial charge on any atom is -0.369 e. The Labute approximate surface area is 121 Å². The van der Waals surface area contributed by atoms with E-state index in [2.05, 4.69) is 13.8 Å². The number of hydrogen-bond acceptors (Lipinski definition) is 4. The average molecular weight is 306 g/mol. The molecule has 6 heteroatoms. The third kappa shape index (κ3) is 3.28. The van der Waals surface area contributed by atoms with E-state index in [0.29, 0.717) is 5.92 Å². The summed E-state index contributed by atoms with van der Waals surface area (Å²) in [7, 11) is -4.01. The Kier molecular flexibility index (Phi) is 4.68. The maximum Gasteiger partial charge on any atom is 0.472 e. The summed E-state index contributed by atoms with van der Waals surface area (Å²) in [6.07, 6.45) is 2.12. The molecule has 0 aromatic heterocycles. The first-order chi connectivity index (χ1) is 9.15. The molecular formula is C14H27O5P. The first kappa shape index (κ1) is 16.4. The highest BCUT2D eigenvalue weighted by Crippen LogP contribution is 2.59. The maximum atomic E-state index is 12.0. The van der Waals surface area contributed by atoms with Crippen LogP contribution in [0.15, 0.2) is 0 Å². The van der Waals surface area contributed by atoms with E-state index in [9.17, 15) is 9.46 Å². The van der Waals surface area contributed by atoms with Crippen molar-refractivity contribution >= 4 is 7.82 Å². The van der Waals surface area contributed by atoms with Crippen molar-refractivity contribution in [3.8, 4) is 0 Å². The van der Waals surface area contributed by atoms with E-state index < -0.39 is 7.82 Å². The van der Waals surface area contributed by atoms with Gasteiger partial charge >= 0.3 is 7.82 Å². The summed E-state index contributed by atoms with van der Waals surface area (Å²) in [6.45, 7) is 9.69. The Hall–Kier alpha value is 0.0700. The van der Waals surface area contributed by atoms with Crippen LogP contribution in [0, 0.1) is 11.8 Å². The van der Waals surface area contributed by atoms with Gasteiger partial charge in [-0.3, -0.25) is 9.05 Å². The van der Waals surface area contributed by atoms with E-state index in [1.54, 1.807) is 13.8 Å². The summed E-state index contributed by atoms with van der Waals surface area (Å²) in [5, 5.41) is 0. The van der Waals surface area contributed by atoms with Crippen molar-refractivity contribution in [2.75, 3.05) is 0 Å². The molecule has 0 amide bonds. The third-order valence-electron chi connectivity index (χ3n) is 4.19. The van der Waals surface area contributed by atoms with Crippen LogP contribution in [0.25, 0.3) is 0 Å². The summed E-state index contributed by atoms with van der Waals surface area (Å²) in [5.74, 6) is 0.743. The molecule has 1 heterocycles. The van der Waals surface area contributed by atoms with Crippen molar-refractivity contribution in [3.63, 3.8) is 0 Å². The molecule has 0 radical (unpaired) electrons. The monoisotopic (exact) mass is 306 g/mol. The van der Waals surface area contributed by atoms with Gasteiger partial charge in [0.15, 0.2) is 0 Å². The fraction of sp³-hybridized carbons (Fsp3) is 1.00. The van der Waals surface area contributed by atoms with Crippen molar-refractivity contribution in [2.45, 2.75) is 77.8 Å². The standard InChI is InChI=1S/C14H27O5P/c1-9(2)8-14-7-6-12(14)13(11(5)17-14)19-20(15,16)18-10(3)4/h9-13H,6-8H2,1-5H3,(H,15,16)/t11-,12+,13?,14+/m0/s1. The smallest absolute Gasteiger partial charge is 0.369 e. The Bertz CT molecular complexity index is 397. The van der Waals surface area contributed by atoms with E-state index in [1.165, 1.54) is 0 Å². The molecule has 20 heavy (non-hydrogen) atoms. The molecule has 1 aliphatic heterocycles. The molecule has 5 nitrogen and oxygen atoms in total. The fourth-order valence-corrected chi connectivity index (χ4v) is 4.81. The zero-order valence-electron chi connectivity index (χ0n) is 13.0. The van der Waals surface area contributed by atoms with Gasteiger partial charge in [0, 0.05) is 5.92 Å². The van der Waals surface area contributed by atoms with Crippen LogP contribution in [0.5, 0.6) is 0 Å². The molecule has 0 spiro atoms. The van der Waals surface area contributed by atoms with Crippen LogP contribution in [0.3, 0.4) is 0 Å². The maximum absolute atomic E-state index is 12.0. The Morgan fingerprint density at radius 1 is 1.40 bits per heavy atom. The summed E-state index contributed by atoms with van der Waals surface area (Å²) in [4.78, 5) is 9.81. The molecule has 2 aliphatic rings. The normalized spacial score (nSPS) is 39.7. The molecule has 5 atom stereocenters. The van der Waals surface area contributed by atoms with Crippen LogP contribution in [0.4, 0.5) is 0 Å². The van der Waals surface area contributed by atoms with Crippen LogP contribution >= 0.6 is 7.82 Å². The molecular weight excluding hydrogens is 279 g/mol. The quantitative estimate of drug-likeness (QED) is 0.761. The largest absolute Gasteiger partial charge is 0.472 e. The molecule has 2 unspecified atom stereocenters.